The monoisotopic (exact) mass is 334 g/mol. The van der Waals surface area contributed by atoms with E-state index in [9.17, 15) is 22.4 Å². The molecule has 23 heavy (non-hydrogen) atoms. The van der Waals surface area contributed by atoms with Crippen LogP contribution in [0.5, 0.6) is 0 Å². The molecule has 6 nitrogen and oxygen atoms in total. The number of amidine groups is 1. The van der Waals surface area contributed by atoms with E-state index in [0.717, 1.165) is 19.2 Å². The van der Waals surface area contributed by atoms with Crippen LogP contribution < -0.4 is 11.5 Å². The number of pyridine rings is 1. The van der Waals surface area contributed by atoms with E-state index in [-0.39, 0.29) is 11.3 Å². The molecule has 1 aliphatic rings. The number of ether oxygens (including phenoxy) is 1. The molecule has 10 heteroatoms. The van der Waals surface area contributed by atoms with E-state index >= 15 is 0 Å². The fourth-order valence-corrected chi connectivity index (χ4v) is 2.11. The Bertz CT molecular complexity index is 691. The fraction of sp³-hybridized carbons (Fsp3) is 0.462. The van der Waals surface area contributed by atoms with Crippen LogP contribution in [-0.4, -0.2) is 35.1 Å². The van der Waals surface area contributed by atoms with Gasteiger partial charge in [-0.05, 0) is 19.9 Å². The summed E-state index contributed by atoms with van der Waals surface area (Å²) in [6.45, 7) is 1.48. The average molecular weight is 334 g/mol. The zero-order chi connectivity index (χ0) is 17.6. The van der Waals surface area contributed by atoms with E-state index in [1.165, 1.54) is 6.92 Å². The van der Waals surface area contributed by atoms with Crippen molar-refractivity contribution in [3.63, 3.8) is 0 Å². The molecule has 2 atom stereocenters. The maximum absolute atomic E-state index is 14.0. The summed E-state index contributed by atoms with van der Waals surface area (Å²) >= 11 is 0. The van der Waals surface area contributed by atoms with Gasteiger partial charge in [0.2, 0.25) is 5.60 Å². The first-order valence-corrected chi connectivity index (χ1v) is 6.43. The number of nitrogens with zero attached hydrogens (tertiary/aromatic N) is 2. The molecular weight excluding hydrogens is 320 g/mol. The summed E-state index contributed by atoms with van der Waals surface area (Å²) in [5.41, 5.74) is 5.76. The van der Waals surface area contributed by atoms with Crippen LogP contribution in [0, 0.1) is 5.82 Å². The van der Waals surface area contributed by atoms with Crippen molar-refractivity contribution in [3.05, 3.63) is 29.3 Å². The number of aromatic nitrogens is 1. The molecule has 0 saturated heterocycles. The second-order valence-electron chi connectivity index (χ2n) is 5.50. The third kappa shape index (κ3) is 2.74. The fourth-order valence-electron chi connectivity index (χ4n) is 2.11. The van der Waals surface area contributed by atoms with E-state index < -0.39 is 41.5 Å². The molecule has 2 heterocycles. The Kier molecular flexibility index (Phi) is 3.84. The standard InChI is InChI=1S/C13H14F4N4O2/c1-11(6-3-8(9(18)22)20-4-7(6)14)5-23-12(2,10(19)21-11)13(15,16)17/h3-4H,5H2,1-2H3,(H2,18,22)(H2,19,21)/t11-,12-/m1/s1. The van der Waals surface area contributed by atoms with Gasteiger partial charge in [-0.15, -0.1) is 0 Å². The van der Waals surface area contributed by atoms with Gasteiger partial charge in [0.05, 0.1) is 12.8 Å². The molecule has 0 aliphatic carbocycles. The Hall–Kier alpha value is -2.23. The van der Waals surface area contributed by atoms with E-state index in [4.69, 9.17) is 16.2 Å². The molecule has 0 bridgehead atoms. The topological polar surface area (TPSA) is 104 Å². The van der Waals surface area contributed by atoms with Gasteiger partial charge >= 0.3 is 6.18 Å². The zero-order valence-corrected chi connectivity index (χ0v) is 12.2. The Labute approximate surface area is 128 Å². The van der Waals surface area contributed by atoms with Crippen molar-refractivity contribution in [1.29, 1.82) is 0 Å². The third-order valence-corrected chi connectivity index (χ3v) is 3.73. The highest BCUT2D eigenvalue weighted by Crippen LogP contribution is 2.41. The summed E-state index contributed by atoms with van der Waals surface area (Å²) in [5.74, 6) is -2.62. The van der Waals surface area contributed by atoms with Crippen LogP contribution in [0.25, 0.3) is 0 Å². The van der Waals surface area contributed by atoms with Crippen LogP contribution in [-0.2, 0) is 10.3 Å². The van der Waals surface area contributed by atoms with Crippen molar-refractivity contribution in [1.82, 2.24) is 4.98 Å². The molecule has 0 fully saturated rings. The number of hydrogen-bond acceptors (Lipinski definition) is 5. The number of carbonyl (C=O) groups is 1. The maximum Gasteiger partial charge on any atom is 0.424 e. The molecule has 1 aliphatic heterocycles. The number of halogens is 4. The number of primary amides is 1. The number of amides is 1. The molecule has 0 unspecified atom stereocenters. The lowest BCUT2D eigenvalue weighted by molar-refractivity contribution is -0.249. The lowest BCUT2D eigenvalue weighted by Crippen LogP contribution is -2.60. The summed E-state index contributed by atoms with van der Waals surface area (Å²) in [5, 5.41) is 0. The number of rotatable bonds is 2. The molecule has 4 N–H and O–H groups in total. The minimum absolute atomic E-state index is 0.187. The zero-order valence-electron chi connectivity index (χ0n) is 12.2. The lowest BCUT2D eigenvalue weighted by atomic mass is 9.89. The molecule has 2 rings (SSSR count). The van der Waals surface area contributed by atoms with Crippen LogP contribution in [0.15, 0.2) is 17.3 Å². The van der Waals surface area contributed by atoms with Gasteiger partial charge in [0.25, 0.3) is 5.91 Å². The number of alkyl halides is 3. The largest absolute Gasteiger partial charge is 0.424 e. The molecule has 0 aromatic carbocycles. The molecule has 126 valence electrons. The Balaban J connectivity index is 2.54. The molecule has 0 radical (unpaired) electrons. The highest BCUT2D eigenvalue weighted by atomic mass is 19.4. The van der Waals surface area contributed by atoms with E-state index in [2.05, 4.69) is 9.98 Å². The quantitative estimate of drug-likeness (QED) is 0.794. The second kappa shape index (κ2) is 5.15. The number of hydrogen-bond donors (Lipinski definition) is 2. The third-order valence-electron chi connectivity index (χ3n) is 3.73. The predicted octanol–water partition coefficient (Wildman–Crippen LogP) is 1.24. The van der Waals surface area contributed by atoms with Gasteiger partial charge < -0.3 is 16.2 Å². The average Bonchev–Trinajstić information content (AvgIpc) is 2.42. The molecular formula is C13H14F4N4O2. The first-order valence-electron chi connectivity index (χ1n) is 6.43. The highest BCUT2D eigenvalue weighted by Gasteiger charge is 2.59. The maximum atomic E-state index is 14.0. The van der Waals surface area contributed by atoms with Crippen molar-refractivity contribution in [2.45, 2.75) is 31.2 Å². The number of aliphatic imine (C=N–C) groups is 1. The summed E-state index contributed by atoms with van der Waals surface area (Å²) in [7, 11) is 0. The van der Waals surface area contributed by atoms with Gasteiger partial charge in [-0.25, -0.2) is 9.37 Å². The van der Waals surface area contributed by atoms with Gasteiger partial charge in [0.15, 0.2) is 0 Å². The molecule has 1 amide bonds. The predicted molar refractivity (Wildman–Crippen MR) is 72.1 cm³/mol. The van der Waals surface area contributed by atoms with Crippen molar-refractivity contribution in [3.8, 4) is 0 Å². The minimum atomic E-state index is -4.78. The Morgan fingerprint density at radius 2 is 2.00 bits per heavy atom. The lowest BCUT2D eigenvalue weighted by Gasteiger charge is -2.40. The van der Waals surface area contributed by atoms with Crippen molar-refractivity contribution < 1.29 is 27.1 Å². The van der Waals surface area contributed by atoms with Crippen molar-refractivity contribution in [2.24, 2.45) is 16.5 Å². The normalized spacial score (nSPS) is 28.3. The molecule has 0 saturated carbocycles. The first kappa shape index (κ1) is 17.1. The molecule has 1 aromatic heterocycles. The summed E-state index contributed by atoms with van der Waals surface area (Å²) in [6.07, 6.45) is -4.04. The van der Waals surface area contributed by atoms with E-state index in [0.29, 0.717) is 0 Å². The highest BCUT2D eigenvalue weighted by molar-refractivity contribution is 5.92. The first-order chi connectivity index (χ1) is 10.4. The summed E-state index contributed by atoms with van der Waals surface area (Å²) in [6, 6.07) is 1.02. The van der Waals surface area contributed by atoms with Gasteiger partial charge in [-0.1, -0.05) is 0 Å². The van der Waals surface area contributed by atoms with Gasteiger partial charge in [-0.2, -0.15) is 13.2 Å². The summed E-state index contributed by atoms with van der Waals surface area (Å²) < 4.78 is 58.0. The molecule has 0 spiro atoms. The van der Waals surface area contributed by atoms with Crippen LogP contribution in [0.1, 0.15) is 29.9 Å². The Morgan fingerprint density at radius 1 is 1.39 bits per heavy atom. The van der Waals surface area contributed by atoms with Gasteiger partial charge in [-0.3, -0.25) is 9.79 Å². The van der Waals surface area contributed by atoms with E-state index in [1.807, 2.05) is 0 Å². The van der Waals surface area contributed by atoms with Crippen LogP contribution in [0.2, 0.25) is 0 Å². The Morgan fingerprint density at radius 3 is 2.48 bits per heavy atom. The second-order valence-corrected chi connectivity index (χ2v) is 5.50. The van der Waals surface area contributed by atoms with Gasteiger partial charge in [0, 0.05) is 5.56 Å². The smallest absolute Gasteiger partial charge is 0.385 e. The number of nitrogens with two attached hydrogens (primary N) is 2. The van der Waals surface area contributed by atoms with Crippen LogP contribution in [0.4, 0.5) is 17.6 Å². The van der Waals surface area contributed by atoms with Crippen molar-refractivity contribution >= 4 is 11.7 Å². The molecule has 1 aromatic rings. The van der Waals surface area contributed by atoms with E-state index in [1.54, 1.807) is 0 Å². The van der Waals surface area contributed by atoms with Gasteiger partial charge in [0.1, 0.15) is 22.9 Å². The van der Waals surface area contributed by atoms with Crippen molar-refractivity contribution in [2.75, 3.05) is 6.61 Å². The van der Waals surface area contributed by atoms with Crippen LogP contribution >= 0.6 is 0 Å². The van der Waals surface area contributed by atoms with Crippen LogP contribution in [0.3, 0.4) is 0 Å². The SMILES string of the molecule is C[C@]1(c2cc(C(N)=O)ncc2F)CO[C@@](C)(C(F)(F)F)C(N)=N1. The summed E-state index contributed by atoms with van der Waals surface area (Å²) in [4.78, 5) is 18.4. The minimum Gasteiger partial charge on any atom is -0.385 e. The number of carbonyl (C=O) groups excluding carboxylic acids is 1.